The second-order valence-electron chi connectivity index (χ2n) is 3.63. The van der Waals surface area contributed by atoms with Crippen LogP contribution < -0.4 is 0 Å². The first-order valence-corrected chi connectivity index (χ1v) is 4.69. The van der Waals surface area contributed by atoms with Gasteiger partial charge in [0.05, 0.1) is 0 Å². The molecule has 0 aliphatic heterocycles. The molecule has 0 saturated carbocycles. The average molecular weight is 170 g/mol. The van der Waals surface area contributed by atoms with Crippen molar-refractivity contribution in [1.29, 1.82) is 0 Å². The quantitative estimate of drug-likeness (QED) is 0.604. The summed E-state index contributed by atoms with van der Waals surface area (Å²) in [7, 11) is 0. The summed E-state index contributed by atoms with van der Waals surface area (Å²) in [6.45, 7) is 4.37. The zero-order valence-electron chi connectivity index (χ0n) is 8.12. The third-order valence-electron chi connectivity index (χ3n) is 2.68. The van der Waals surface area contributed by atoms with Crippen molar-refractivity contribution in [2.24, 2.45) is 0 Å². The van der Waals surface area contributed by atoms with Crippen LogP contribution in [-0.2, 0) is 0 Å². The normalized spacial score (nSPS) is 20.5. The van der Waals surface area contributed by atoms with Crippen molar-refractivity contribution in [1.82, 2.24) is 0 Å². The lowest BCUT2D eigenvalue weighted by molar-refractivity contribution is 0.996. The van der Waals surface area contributed by atoms with E-state index in [-0.39, 0.29) is 0 Å². The van der Waals surface area contributed by atoms with Gasteiger partial charge in [0.15, 0.2) is 0 Å². The maximum Gasteiger partial charge on any atom is 0.0234 e. The van der Waals surface area contributed by atoms with Crippen LogP contribution in [0.2, 0.25) is 0 Å². The summed E-state index contributed by atoms with van der Waals surface area (Å²) in [4.78, 5) is 0. The van der Waals surface area contributed by atoms with Gasteiger partial charge in [0.25, 0.3) is 0 Å². The van der Waals surface area contributed by atoms with Gasteiger partial charge in [-0.05, 0) is 25.0 Å². The summed E-state index contributed by atoms with van der Waals surface area (Å²) >= 11 is 0. The topological polar surface area (TPSA) is 0 Å². The van der Waals surface area contributed by atoms with Crippen LogP contribution in [0.15, 0.2) is 48.1 Å². The number of rotatable bonds is 1. The Bertz CT molecular complexity index is 369. The Labute approximate surface area is 79.6 Å². The molecule has 13 heavy (non-hydrogen) atoms. The highest BCUT2D eigenvalue weighted by Crippen LogP contribution is 2.31. The van der Waals surface area contributed by atoms with E-state index < -0.39 is 0 Å². The van der Waals surface area contributed by atoms with E-state index in [1.165, 1.54) is 16.7 Å². The highest BCUT2D eigenvalue weighted by molar-refractivity contribution is 5.43. The lowest BCUT2D eigenvalue weighted by Gasteiger charge is -2.13. The minimum absolute atomic E-state index is 0.515. The molecule has 1 aliphatic rings. The first kappa shape index (κ1) is 8.31. The average Bonchev–Trinajstić information content (AvgIpc) is 2.52. The Morgan fingerprint density at radius 2 is 1.85 bits per heavy atom. The fraction of sp³-hybridized carbons (Fsp3) is 0.231. The van der Waals surface area contributed by atoms with E-state index in [9.17, 15) is 0 Å². The molecule has 0 fully saturated rings. The Morgan fingerprint density at radius 1 is 1.08 bits per heavy atom. The Balaban J connectivity index is 2.42. The number of hydrogen-bond donors (Lipinski definition) is 0. The van der Waals surface area contributed by atoms with E-state index in [4.69, 9.17) is 0 Å². The van der Waals surface area contributed by atoms with Crippen LogP contribution in [0.1, 0.15) is 24.0 Å². The van der Waals surface area contributed by atoms with Crippen LogP contribution >= 0.6 is 0 Å². The Morgan fingerprint density at radius 3 is 2.46 bits per heavy atom. The van der Waals surface area contributed by atoms with E-state index in [2.05, 4.69) is 56.3 Å². The predicted octanol–water partition coefficient (Wildman–Crippen LogP) is 3.59. The highest BCUT2D eigenvalue weighted by atomic mass is 14.2. The summed E-state index contributed by atoms with van der Waals surface area (Å²) < 4.78 is 0. The molecule has 1 unspecified atom stereocenters. The maximum atomic E-state index is 2.26. The van der Waals surface area contributed by atoms with Gasteiger partial charge in [0.2, 0.25) is 0 Å². The van der Waals surface area contributed by atoms with Gasteiger partial charge in [-0.25, -0.2) is 0 Å². The van der Waals surface area contributed by atoms with Gasteiger partial charge < -0.3 is 0 Å². The molecule has 0 spiro atoms. The van der Waals surface area contributed by atoms with E-state index in [1.807, 2.05) is 0 Å². The zero-order chi connectivity index (χ0) is 9.26. The summed E-state index contributed by atoms with van der Waals surface area (Å²) in [5.74, 6) is 0.515. The molecule has 2 rings (SSSR count). The Kier molecular flexibility index (Phi) is 2.05. The van der Waals surface area contributed by atoms with Crippen LogP contribution in [-0.4, -0.2) is 0 Å². The van der Waals surface area contributed by atoms with Crippen LogP contribution in [0.25, 0.3) is 0 Å². The van der Waals surface area contributed by atoms with E-state index in [1.54, 1.807) is 0 Å². The van der Waals surface area contributed by atoms with Crippen molar-refractivity contribution < 1.29 is 0 Å². The number of benzene rings is 1. The van der Waals surface area contributed by atoms with Gasteiger partial charge in [-0.3, -0.25) is 0 Å². The monoisotopic (exact) mass is 170 g/mol. The van der Waals surface area contributed by atoms with Crippen molar-refractivity contribution in [3.8, 4) is 0 Å². The summed E-state index contributed by atoms with van der Waals surface area (Å²) in [6.07, 6.45) is 6.60. The van der Waals surface area contributed by atoms with E-state index in [0.717, 1.165) is 0 Å². The van der Waals surface area contributed by atoms with Gasteiger partial charge in [0, 0.05) is 5.92 Å². The zero-order valence-corrected chi connectivity index (χ0v) is 8.12. The first-order valence-electron chi connectivity index (χ1n) is 4.69. The van der Waals surface area contributed by atoms with Crippen molar-refractivity contribution in [3.63, 3.8) is 0 Å². The predicted molar refractivity (Wildman–Crippen MR) is 56.8 cm³/mol. The van der Waals surface area contributed by atoms with E-state index in [0.29, 0.717) is 5.92 Å². The molecule has 0 N–H and O–H groups in total. The molecular weight excluding hydrogens is 156 g/mol. The fourth-order valence-electron chi connectivity index (χ4n) is 1.86. The van der Waals surface area contributed by atoms with Crippen LogP contribution in [0.4, 0.5) is 0 Å². The molecule has 0 nitrogen and oxygen atoms in total. The lowest BCUT2D eigenvalue weighted by Crippen LogP contribution is -1.96. The SMILES string of the molecule is CC1=CC=CC1c1ccccc1C. The molecule has 0 heterocycles. The standard InChI is InChI=1S/C13H14/c1-10-6-3-4-8-12(10)13-9-5-7-11(13)2/h3-9,13H,1-2H3. The molecule has 1 atom stereocenters. The molecule has 0 amide bonds. The minimum Gasteiger partial charge on any atom is -0.0730 e. The van der Waals surface area contributed by atoms with Crippen LogP contribution in [0.3, 0.4) is 0 Å². The maximum absolute atomic E-state index is 2.26. The Hall–Kier alpha value is -1.30. The van der Waals surface area contributed by atoms with Crippen molar-refractivity contribution >= 4 is 0 Å². The molecule has 1 aliphatic carbocycles. The fourth-order valence-corrected chi connectivity index (χ4v) is 1.86. The second kappa shape index (κ2) is 3.21. The van der Waals surface area contributed by atoms with Crippen LogP contribution in [0, 0.1) is 6.92 Å². The molecule has 1 aromatic carbocycles. The molecule has 0 aromatic heterocycles. The van der Waals surface area contributed by atoms with Crippen molar-refractivity contribution in [2.45, 2.75) is 19.8 Å². The van der Waals surface area contributed by atoms with Gasteiger partial charge in [-0.1, -0.05) is 48.1 Å². The van der Waals surface area contributed by atoms with Gasteiger partial charge in [-0.2, -0.15) is 0 Å². The molecular formula is C13H14. The molecule has 0 radical (unpaired) electrons. The van der Waals surface area contributed by atoms with Crippen molar-refractivity contribution in [2.75, 3.05) is 0 Å². The number of aryl methyl sites for hydroxylation is 1. The molecule has 0 heteroatoms. The van der Waals surface area contributed by atoms with Gasteiger partial charge in [-0.15, -0.1) is 0 Å². The molecule has 0 bridgehead atoms. The number of allylic oxidation sites excluding steroid dienone is 4. The largest absolute Gasteiger partial charge is 0.0730 e. The van der Waals surface area contributed by atoms with E-state index >= 15 is 0 Å². The highest BCUT2D eigenvalue weighted by Gasteiger charge is 2.14. The third kappa shape index (κ3) is 1.44. The minimum atomic E-state index is 0.515. The van der Waals surface area contributed by atoms with Gasteiger partial charge >= 0.3 is 0 Å². The molecule has 66 valence electrons. The van der Waals surface area contributed by atoms with Crippen LogP contribution in [0.5, 0.6) is 0 Å². The first-order chi connectivity index (χ1) is 6.29. The van der Waals surface area contributed by atoms with Gasteiger partial charge in [0.1, 0.15) is 0 Å². The smallest absolute Gasteiger partial charge is 0.0234 e. The molecule has 0 saturated heterocycles. The summed E-state index contributed by atoms with van der Waals surface area (Å²) in [6, 6.07) is 8.60. The second-order valence-corrected chi connectivity index (χ2v) is 3.63. The summed E-state index contributed by atoms with van der Waals surface area (Å²) in [5.41, 5.74) is 4.26. The lowest BCUT2D eigenvalue weighted by atomic mass is 9.91. The number of hydrogen-bond acceptors (Lipinski definition) is 0. The third-order valence-corrected chi connectivity index (χ3v) is 2.68. The summed E-state index contributed by atoms with van der Waals surface area (Å²) in [5, 5.41) is 0. The molecule has 1 aromatic rings. The van der Waals surface area contributed by atoms with Crippen molar-refractivity contribution in [3.05, 3.63) is 59.2 Å².